The molecule has 0 fully saturated rings. The number of nitrogens with zero attached hydrogens (tertiary/aromatic N) is 3. The number of anilines is 1. The standard InChI is InChI=1S/C29H32N3O4S/c1-5-30-26-18-15-23(29(33)36-7-3)21-27(26)31(6-2)28(30)19-20-32(24-11-9-8-10-12-24)37(34,35)25-16-13-22(4)14-17-25/h8-21H,5-7H2,1-4H3/q+1. The van der Waals surface area contributed by atoms with Gasteiger partial charge in [-0.15, -0.1) is 0 Å². The summed E-state index contributed by atoms with van der Waals surface area (Å²) >= 11 is 0. The number of sulfonamides is 1. The van der Waals surface area contributed by atoms with Gasteiger partial charge in [0.15, 0.2) is 11.0 Å². The first-order valence-corrected chi connectivity index (χ1v) is 13.8. The number of rotatable bonds is 9. The molecule has 1 heterocycles. The molecule has 0 atom stereocenters. The third-order valence-corrected chi connectivity index (χ3v) is 7.92. The zero-order valence-corrected chi connectivity index (χ0v) is 22.4. The monoisotopic (exact) mass is 518 g/mol. The third kappa shape index (κ3) is 5.15. The number of aryl methyl sites for hydroxylation is 3. The molecule has 192 valence electrons. The van der Waals surface area contributed by atoms with E-state index in [1.54, 1.807) is 55.6 Å². The molecule has 0 N–H and O–H groups in total. The van der Waals surface area contributed by atoms with Crippen molar-refractivity contribution < 1.29 is 22.5 Å². The number of hydrogen-bond acceptors (Lipinski definition) is 4. The van der Waals surface area contributed by atoms with E-state index in [2.05, 4.69) is 9.13 Å². The zero-order chi connectivity index (χ0) is 26.6. The second kappa shape index (κ2) is 11.0. The van der Waals surface area contributed by atoms with E-state index in [-0.39, 0.29) is 10.9 Å². The van der Waals surface area contributed by atoms with Gasteiger partial charge in [-0.2, -0.15) is 0 Å². The van der Waals surface area contributed by atoms with Crippen LogP contribution in [-0.4, -0.2) is 25.6 Å². The molecule has 37 heavy (non-hydrogen) atoms. The van der Waals surface area contributed by atoms with Gasteiger partial charge in [-0.05, 0) is 64.1 Å². The van der Waals surface area contributed by atoms with Crippen LogP contribution in [0.5, 0.6) is 0 Å². The van der Waals surface area contributed by atoms with Crippen LogP contribution in [0.25, 0.3) is 17.1 Å². The lowest BCUT2D eigenvalue weighted by Crippen LogP contribution is -2.35. The van der Waals surface area contributed by atoms with E-state index in [0.717, 1.165) is 22.4 Å². The maximum Gasteiger partial charge on any atom is 0.338 e. The number of imidazole rings is 1. The topological polar surface area (TPSA) is 72.5 Å². The van der Waals surface area contributed by atoms with Crippen molar-refractivity contribution in [3.8, 4) is 0 Å². The molecule has 3 aromatic carbocycles. The number of carbonyl (C=O) groups is 1. The number of benzene rings is 3. The molecule has 0 saturated carbocycles. The summed E-state index contributed by atoms with van der Waals surface area (Å²) < 4.78 is 38.1. The van der Waals surface area contributed by atoms with Crippen LogP contribution in [0.4, 0.5) is 5.69 Å². The molecule has 1 aromatic heterocycles. The average molecular weight is 519 g/mol. The van der Waals surface area contributed by atoms with Gasteiger partial charge in [0.1, 0.15) is 0 Å². The Balaban J connectivity index is 1.86. The predicted molar refractivity (Wildman–Crippen MR) is 146 cm³/mol. The van der Waals surface area contributed by atoms with Gasteiger partial charge < -0.3 is 4.74 Å². The molecule has 0 bridgehead atoms. The van der Waals surface area contributed by atoms with E-state index in [4.69, 9.17) is 4.74 Å². The minimum atomic E-state index is -3.87. The lowest BCUT2D eigenvalue weighted by Gasteiger charge is -2.20. The predicted octanol–water partition coefficient (Wildman–Crippen LogP) is 5.32. The van der Waals surface area contributed by atoms with Gasteiger partial charge >= 0.3 is 5.97 Å². The second-order valence-electron chi connectivity index (χ2n) is 8.54. The third-order valence-electron chi connectivity index (χ3n) is 6.20. The molecule has 0 saturated heterocycles. The summed E-state index contributed by atoms with van der Waals surface area (Å²) in [6.45, 7) is 9.36. The largest absolute Gasteiger partial charge is 0.462 e. The number of hydrogen-bond donors (Lipinski definition) is 0. The molecule has 8 heteroatoms. The molecule has 7 nitrogen and oxygen atoms in total. The summed E-state index contributed by atoms with van der Waals surface area (Å²) in [7, 11) is -3.87. The van der Waals surface area contributed by atoms with Gasteiger partial charge in [-0.25, -0.2) is 26.7 Å². The Bertz CT molecular complexity index is 1540. The van der Waals surface area contributed by atoms with Crippen LogP contribution in [0, 0.1) is 6.92 Å². The SMILES string of the molecule is CCOC(=O)c1ccc2c(c1)n(CC)c(C=CN(c1ccccc1)S(=O)(=O)c1ccc(C)cc1)[n+]2CC. The molecular formula is C29H32N3O4S+. The Morgan fingerprint density at radius 3 is 2.32 bits per heavy atom. The van der Waals surface area contributed by atoms with Crippen molar-refractivity contribution in [2.45, 2.75) is 45.7 Å². The van der Waals surface area contributed by atoms with Crippen LogP contribution in [0.1, 0.15) is 42.5 Å². The Kier molecular flexibility index (Phi) is 7.78. The molecule has 0 aliphatic heterocycles. The van der Waals surface area contributed by atoms with E-state index >= 15 is 0 Å². The van der Waals surface area contributed by atoms with Crippen molar-refractivity contribution in [1.29, 1.82) is 0 Å². The van der Waals surface area contributed by atoms with Crippen LogP contribution < -0.4 is 8.87 Å². The molecule has 0 aliphatic rings. The normalized spacial score (nSPS) is 11.8. The first-order chi connectivity index (χ1) is 17.8. The quantitative estimate of drug-likeness (QED) is 0.222. The van der Waals surface area contributed by atoms with Crippen LogP contribution in [0.2, 0.25) is 0 Å². The highest BCUT2D eigenvalue weighted by Gasteiger charge is 2.26. The van der Waals surface area contributed by atoms with E-state index < -0.39 is 10.0 Å². The van der Waals surface area contributed by atoms with Crippen LogP contribution in [0.3, 0.4) is 0 Å². The highest BCUT2D eigenvalue weighted by molar-refractivity contribution is 7.93. The van der Waals surface area contributed by atoms with Crippen LogP contribution in [-0.2, 0) is 27.8 Å². The molecular weight excluding hydrogens is 486 g/mol. The molecule has 0 spiro atoms. The summed E-state index contributed by atoms with van der Waals surface area (Å²) in [6, 6.07) is 21.4. The summed E-state index contributed by atoms with van der Waals surface area (Å²) in [5.41, 5.74) is 3.82. The van der Waals surface area contributed by atoms with E-state index in [1.807, 2.05) is 57.2 Å². The highest BCUT2D eigenvalue weighted by Crippen LogP contribution is 2.26. The zero-order valence-electron chi connectivity index (χ0n) is 21.6. The summed E-state index contributed by atoms with van der Waals surface area (Å²) in [5, 5.41) is 0. The number of aromatic nitrogens is 2. The fraction of sp³-hybridized carbons (Fsp3) is 0.241. The van der Waals surface area contributed by atoms with Crippen molar-refractivity contribution >= 4 is 38.8 Å². The van der Waals surface area contributed by atoms with Gasteiger partial charge in [0.05, 0.1) is 35.8 Å². The first-order valence-electron chi connectivity index (χ1n) is 12.4. The average Bonchev–Trinajstić information content (AvgIpc) is 3.21. The molecule has 0 aliphatic carbocycles. The van der Waals surface area contributed by atoms with E-state index in [0.29, 0.717) is 30.9 Å². The maximum atomic E-state index is 13.7. The lowest BCUT2D eigenvalue weighted by atomic mass is 10.2. The number of fused-ring (bicyclic) bond motifs is 1. The summed E-state index contributed by atoms with van der Waals surface area (Å²) in [4.78, 5) is 12.6. The number of ether oxygens (including phenoxy) is 1. The minimum Gasteiger partial charge on any atom is -0.462 e. The van der Waals surface area contributed by atoms with Crippen molar-refractivity contribution in [2.75, 3.05) is 10.9 Å². The summed E-state index contributed by atoms with van der Waals surface area (Å²) in [5.74, 6) is 0.453. The smallest absolute Gasteiger partial charge is 0.338 e. The maximum absolute atomic E-state index is 13.7. The van der Waals surface area contributed by atoms with Crippen molar-refractivity contribution in [3.63, 3.8) is 0 Å². The van der Waals surface area contributed by atoms with Crippen LogP contribution >= 0.6 is 0 Å². The lowest BCUT2D eigenvalue weighted by molar-refractivity contribution is -0.670. The Labute approximate surface area is 218 Å². The molecule has 4 aromatic rings. The fourth-order valence-electron chi connectivity index (χ4n) is 4.38. The second-order valence-corrected chi connectivity index (χ2v) is 10.4. The van der Waals surface area contributed by atoms with Gasteiger partial charge in [0.2, 0.25) is 0 Å². The summed E-state index contributed by atoms with van der Waals surface area (Å²) in [6.07, 6.45) is 3.42. The minimum absolute atomic E-state index is 0.213. The van der Waals surface area contributed by atoms with Crippen molar-refractivity contribution in [3.05, 3.63) is 95.9 Å². The molecule has 0 unspecified atom stereocenters. The number of para-hydroxylation sites is 1. The van der Waals surface area contributed by atoms with Crippen molar-refractivity contribution in [1.82, 2.24) is 4.57 Å². The molecule has 4 rings (SSSR count). The highest BCUT2D eigenvalue weighted by atomic mass is 32.2. The Hall–Kier alpha value is -3.91. The Morgan fingerprint density at radius 1 is 1.00 bits per heavy atom. The van der Waals surface area contributed by atoms with Crippen LogP contribution in [0.15, 0.2) is 83.9 Å². The molecule has 0 radical (unpaired) electrons. The van der Waals surface area contributed by atoms with E-state index in [1.165, 1.54) is 4.31 Å². The molecule has 0 amide bonds. The number of carbonyl (C=O) groups excluding carboxylic acids is 1. The number of esters is 1. The Morgan fingerprint density at radius 2 is 1.70 bits per heavy atom. The van der Waals surface area contributed by atoms with Gasteiger partial charge in [0.25, 0.3) is 15.8 Å². The van der Waals surface area contributed by atoms with Gasteiger partial charge in [-0.3, -0.25) is 0 Å². The fourth-order valence-corrected chi connectivity index (χ4v) is 5.71. The first kappa shape index (κ1) is 26.2. The van der Waals surface area contributed by atoms with E-state index in [9.17, 15) is 13.2 Å². The van der Waals surface area contributed by atoms with Gasteiger partial charge in [0, 0.05) is 18.3 Å². The van der Waals surface area contributed by atoms with Crippen molar-refractivity contribution in [2.24, 2.45) is 0 Å². The van der Waals surface area contributed by atoms with Gasteiger partial charge in [-0.1, -0.05) is 35.9 Å².